The van der Waals surface area contributed by atoms with Gasteiger partial charge in [-0.3, -0.25) is 24.3 Å². The quantitative estimate of drug-likeness (QED) is 0.0376. The highest BCUT2D eigenvalue weighted by molar-refractivity contribution is 6.99. The van der Waals surface area contributed by atoms with Crippen molar-refractivity contribution in [2.24, 2.45) is 17.8 Å². The van der Waals surface area contributed by atoms with Crippen molar-refractivity contribution in [1.29, 1.82) is 0 Å². The number of phenols is 1. The summed E-state index contributed by atoms with van der Waals surface area (Å²) >= 11 is 0. The summed E-state index contributed by atoms with van der Waals surface area (Å²) in [6.07, 6.45) is 4.66. The number of aliphatic carboxylic acids is 1. The van der Waals surface area contributed by atoms with Gasteiger partial charge in [-0.1, -0.05) is 112 Å². The number of fused-ring (bicyclic) bond motifs is 1. The predicted octanol–water partition coefficient (Wildman–Crippen LogP) is 6.60. The molecule has 4 aromatic rings. The van der Waals surface area contributed by atoms with Gasteiger partial charge in [-0.25, -0.2) is 0 Å². The molecule has 1 saturated heterocycles. The Kier molecular flexibility index (Phi) is 14.1. The first-order valence-corrected chi connectivity index (χ1v) is 22.5. The third-order valence-electron chi connectivity index (χ3n) is 11.9. The highest BCUT2D eigenvalue weighted by Crippen LogP contribution is 2.47. The number of aromatic hydroxyl groups is 1. The SMILES string of the molecule is CC(C)(C)[Si](OCC1=C([C@H](O)CC/C(=C/c2ccccc2O)c2ccccn2)[C@H](CO)[C@@H]2C(=O)N(CCCCCC(=O)O)C(=O)[C@@H]2C1)(c1ccccc1)c1ccccc1. The summed E-state index contributed by atoms with van der Waals surface area (Å²) < 4.78 is 7.40. The molecule has 0 saturated carbocycles. The third-order valence-corrected chi connectivity index (χ3v) is 16.9. The molecule has 1 fully saturated rings. The van der Waals surface area contributed by atoms with Crippen LogP contribution in [-0.4, -0.2) is 82.3 Å². The van der Waals surface area contributed by atoms with Crippen molar-refractivity contribution in [3.8, 4) is 5.75 Å². The molecule has 59 heavy (non-hydrogen) atoms. The molecule has 10 nitrogen and oxygen atoms in total. The number of allylic oxidation sites excluding steroid dienone is 1. The van der Waals surface area contributed by atoms with Gasteiger partial charge in [0.2, 0.25) is 11.8 Å². The molecule has 310 valence electrons. The van der Waals surface area contributed by atoms with Gasteiger partial charge in [-0.15, -0.1) is 0 Å². The number of carboxylic acid groups (broad SMARTS) is 1. The number of para-hydroxylation sites is 1. The van der Waals surface area contributed by atoms with E-state index in [4.69, 9.17) is 9.53 Å². The van der Waals surface area contributed by atoms with E-state index in [1.807, 2.05) is 66.7 Å². The fourth-order valence-electron chi connectivity index (χ4n) is 9.13. The lowest BCUT2D eigenvalue weighted by Crippen LogP contribution is -2.66. The van der Waals surface area contributed by atoms with Crippen molar-refractivity contribution in [2.45, 2.75) is 76.9 Å². The van der Waals surface area contributed by atoms with Crippen LogP contribution in [0.25, 0.3) is 11.6 Å². The topological polar surface area (TPSA) is 157 Å². The number of carboxylic acids is 1. The van der Waals surface area contributed by atoms with Crippen LogP contribution >= 0.6 is 0 Å². The summed E-state index contributed by atoms with van der Waals surface area (Å²) in [7, 11) is -3.09. The molecule has 2 amide bonds. The molecule has 3 aromatic carbocycles. The molecule has 0 unspecified atom stereocenters. The van der Waals surface area contributed by atoms with Crippen LogP contribution in [0.2, 0.25) is 5.04 Å². The van der Waals surface area contributed by atoms with E-state index in [0.29, 0.717) is 48.1 Å². The van der Waals surface area contributed by atoms with Gasteiger partial charge in [-0.2, -0.15) is 0 Å². The lowest BCUT2D eigenvalue weighted by atomic mass is 9.68. The molecule has 4 N–H and O–H groups in total. The van der Waals surface area contributed by atoms with Crippen LogP contribution in [0.4, 0.5) is 0 Å². The number of aliphatic hydroxyl groups is 2. The number of hydrogen-bond donors (Lipinski definition) is 4. The highest BCUT2D eigenvalue weighted by Gasteiger charge is 2.56. The van der Waals surface area contributed by atoms with Crippen molar-refractivity contribution in [1.82, 2.24) is 9.88 Å². The first kappa shape index (κ1) is 43.4. The fraction of sp³-hybridized carbons (Fsp3) is 0.375. The zero-order valence-corrected chi connectivity index (χ0v) is 35.2. The largest absolute Gasteiger partial charge is 0.507 e. The smallest absolute Gasteiger partial charge is 0.303 e. The number of carbonyl (C=O) groups is 3. The molecule has 4 atom stereocenters. The second-order valence-electron chi connectivity index (χ2n) is 16.7. The Bertz CT molecular complexity index is 2090. The Hall–Kier alpha value is -5.20. The summed E-state index contributed by atoms with van der Waals surface area (Å²) in [4.78, 5) is 45.3. The molecule has 11 heteroatoms. The van der Waals surface area contributed by atoms with E-state index in [-0.39, 0.29) is 55.0 Å². The van der Waals surface area contributed by atoms with E-state index in [9.17, 15) is 29.7 Å². The van der Waals surface area contributed by atoms with Gasteiger partial charge < -0.3 is 24.9 Å². The first-order chi connectivity index (χ1) is 28.4. The summed E-state index contributed by atoms with van der Waals surface area (Å²) in [6, 6.07) is 33.0. The number of aromatic nitrogens is 1. The monoisotopic (exact) mass is 816 g/mol. The normalized spacial score (nSPS) is 19.2. The van der Waals surface area contributed by atoms with E-state index >= 15 is 0 Å². The molecule has 1 aliphatic heterocycles. The van der Waals surface area contributed by atoms with Crippen LogP contribution in [-0.2, 0) is 18.8 Å². The molecule has 6 rings (SSSR count). The number of pyridine rings is 1. The van der Waals surface area contributed by atoms with Crippen LogP contribution in [0.3, 0.4) is 0 Å². The van der Waals surface area contributed by atoms with Crippen molar-refractivity contribution in [3.05, 3.63) is 132 Å². The maximum Gasteiger partial charge on any atom is 0.303 e. The van der Waals surface area contributed by atoms with E-state index in [0.717, 1.165) is 15.9 Å². The summed E-state index contributed by atoms with van der Waals surface area (Å²) in [5.74, 6) is -3.89. The molecular weight excluding hydrogens is 761 g/mol. The number of nitrogens with zero attached hydrogens (tertiary/aromatic N) is 2. The van der Waals surface area contributed by atoms with Crippen LogP contribution in [0.5, 0.6) is 5.75 Å². The van der Waals surface area contributed by atoms with E-state index < -0.39 is 44.8 Å². The second-order valence-corrected chi connectivity index (χ2v) is 21.0. The van der Waals surface area contributed by atoms with Gasteiger partial charge in [0.25, 0.3) is 8.32 Å². The van der Waals surface area contributed by atoms with E-state index in [1.165, 1.54) is 4.90 Å². The van der Waals surface area contributed by atoms with E-state index in [1.54, 1.807) is 24.4 Å². The van der Waals surface area contributed by atoms with Gasteiger partial charge in [0, 0.05) is 30.6 Å². The van der Waals surface area contributed by atoms with Crippen LogP contribution in [0.1, 0.15) is 77.0 Å². The molecule has 0 radical (unpaired) electrons. The molecule has 2 heterocycles. The number of phenolic OH excluding ortho intramolecular Hbond substituents is 1. The van der Waals surface area contributed by atoms with Crippen molar-refractivity contribution in [3.63, 3.8) is 0 Å². The van der Waals surface area contributed by atoms with Crippen LogP contribution < -0.4 is 10.4 Å². The Morgan fingerprint density at radius 3 is 2.12 bits per heavy atom. The maximum absolute atomic E-state index is 14.2. The third kappa shape index (κ3) is 9.49. The number of likely N-dealkylation sites (tertiary alicyclic amines) is 1. The van der Waals surface area contributed by atoms with Crippen molar-refractivity contribution < 1.29 is 39.2 Å². The Balaban J connectivity index is 1.40. The maximum atomic E-state index is 14.2. The Labute approximate surface area is 348 Å². The number of imide groups is 1. The molecule has 1 aliphatic carbocycles. The van der Waals surface area contributed by atoms with Gasteiger partial charge in [0.15, 0.2) is 0 Å². The number of carbonyl (C=O) groups excluding carboxylic acids is 2. The highest BCUT2D eigenvalue weighted by atomic mass is 28.4. The molecule has 0 bridgehead atoms. The lowest BCUT2D eigenvalue weighted by Gasteiger charge is -2.44. The van der Waals surface area contributed by atoms with Gasteiger partial charge in [0.05, 0.1) is 36.8 Å². The summed E-state index contributed by atoms with van der Waals surface area (Å²) in [6.45, 7) is 6.33. The number of benzene rings is 3. The van der Waals surface area contributed by atoms with Gasteiger partial charge >= 0.3 is 5.97 Å². The fourth-order valence-corrected chi connectivity index (χ4v) is 13.7. The van der Waals surface area contributed by atoms with E-state index in [2.05, 4.69) is 50.0 Å². The summed E-state index contributed by atoms with van der Waals surface area (Å²) in [5, 5.41) is 45.1. The zero-order chi connectivity index (χ0) is 42.2. The van der Waals surface area contributed by atoms with Crippen molar-refractivity contribution in [2.75, 3.05) is 19.8 Å². The Morgan fingerprint density at radius 2 is 1.53 bits per heavy atom. The van der Waals surface area contributed by atoms with Crippen LogP contribution in [0.15, 0.2) is 120 Å². The zero-order valence-electron chi connectivity index (χ0n) is 34.2. The second kappa shape index (κ2) is 19.2. The number of aliphatic hydroxyl groups excluding tert-OH is 2. The van der Waals surface area contributed by atoms with Gasteiger partial charge in [-0.05, 0) is 88.5 Å². The molecule has 2 aliphatic rings. The Morgan fingerprint density at radius 1 is 0.881 bits per heavy atom. The molecule has 1 aromatic heterocycles. The minimum atomic E-state index is -3.09. The average molecular weight is 817 g/mol. The average Bonchev–Trinajstić information content (AvgIpc) is 3.47. The van der Waals surface area contributed by atoms with Crippen LogP contribution in [0, 0.1) is 17.8 Å². The number of unbranched alkanes of at least 4 members (excludes halogenated alkanes) is 2. The minimum Gasteiger partial charge on any atom is -0.507 e. The lowest BCUT2D eigenvalue weighted by molar-refractivity contribution is -0.141. The number of amides is 2. The van der Waals surface area contributed by atoms with Crippen molar-refractivity contribution >= 4 is 48.1 Å². The molecular formula is C48H56N2O8Si. The standard InChI is InChI=1S/C48H56N2O8Si/c1-48(2,3)59(36-18-7-4-8-19-36,37-20-9-5-10-21-37)58-32-35-30-38-45(47(57)50(46(38)56)28-16-6-11-24-43(54)55)39(31-51)44(35)42(53)26-25-33(40-22-14-15-27-49-40)29-34-17-12-13-23-41(34)52/h4-5,7-10,12-15,17-23,27,29,38-39,42,45,51-53H,6,11,16,24-26,28,30-32H2,1-3H3,(H,54,55)/b33-29-/t38-,39+,42-,45-/m1/s1. The number of rotatable bonds is 18. The number of hydrogen-bond acceptors (Lipinski definition) is 8. The first-order valence-electron chi connectivity index (χ1n) is 20.6. The minimum absolute atomic E-state index is 0.0172. The predicted molar refractivity (Wildman–Crippen MR) is 231 cm³/mol. The molecule has 0 spiro atoms. The summed E-state index contributed by atoms with van der Waals surface area (Å²) in [5.41, 5.74) is 3.31. The van der Waals surface area contributed by atoms with Gasteiger partial charge in [0.1, 0.15) is 5.75 Å².